The largest absolute Gasteiger partial charge is 0.395 e. The monoisotopic (exact) mass is 492 g/mol. The number of amides is 1. The third-order valence-corrected chi connectivity index (χ3v) is 8.35. The standard InChI is InChI=1S/C22H28N4O5S2/c23-32(29)18-3-1-2-16(14-18)24-21(28)19-5-4-17(25-33(30,31)13-12-27)15-20(19)26-10-8-22(6-7-22)9-11-26/h1-5,14-15,23,25,27,32H,6-13H2,(H,24,28). The van der Waals surface area contributed by atoms with Crippen molar-refractivity contribution in [3.8, 4) is 0 Å². The van der Waals surface area contributed by atoms with Gasteiger partial charge in [-0.1, -0.05) is 6.07 Å². The van der Waals surface area contributed by atoms with Crippen LogP contribution in [0.5, 0.6) is 0 Å². The van der Waals surface area contributed by atoms with Crippen LogP contribution in [0.1, 0.15) is 36.0 Å². The lowest BCUT2D eigenvalue weighted by Crippen LogP contribution is -2.35. The molecule has 1 spiro atoms. The predicted octanol–water partition coefficient (Wildman–Crippen LogP) is 2.66. The van der Waals surface area contributed by atoms with Gasteiger partial charge >= 0.3 is 0 Å². The Morgan fingerprint density at radius 1 is 1.09 bits per heavy atom. The highest BCUT2D eigenvalue weighted by Gasteiger charge is 2.44. The van der Waals surface area contributed by atoms with Crippen LogP contribution >= 0.6 is 0 Å². The quantitative estimate of drug-likeness (QED) is 0.359. The number of thiol groups is 1. The van der Waals surface area contributed by atoms with Crippen LogP contribution in [0.3, 0.4) is 0 Å². The maximum Gasteiger partial charge on any atom is 0.257 e. The summed E-state index contributed by atoms with van der Waals surface area (Å²) in [5.74, 6) is -0.787. The van der Waals surface area contributed by atoms with E-state index >= 15 is 0 Å². The third-order valence-electron chi connectivity index (χ3n) is 6.34. The van der Waals surface area contributed by atoms with Crippen LogP contribution in [0.25, 0.3) is 0 Å². The van der Waals surface area contributed by atoms with Crippen LogP contribution in [0, 0.1) is 10.2 Å². The Kier molecular flexibility index (Phi) is 6.64. The Morgan fingerprint density at radius 2 is 1.82 bits per heavy atom. The van der Waals surface area contributed by atoms with Crippen molar-refractivity contribution in [1.29, 1.82) is 4.78 Å². The highest BCUT2D eigenvalue weighted by molar-refractivity contribution is 7.92. The van der Waals surface area contributed by atoms with Crippen molar-refractivity contribution in [3.63, 3.8) is 0 Å². The van der Waals surface area contributed by atoms with Crippen LogP contribution in [-0.4, -0.2) is 49.1 Å². The molecule has 1 atom stereocenters. The molecule has 2 aliphatic rings. The number of benzene rings is 2. The number of sulfonamides is 1. The number of anilines is 3. The van der Waals surface area contributed by atoms with Gasteiger partial charge in [-0.2, -0.15) is 0 Å². The van der Waals surface area contributed by atoms with E-state index in [1.165, 1.54) is 25.0 Å². The first kappa shape index (κ1) is 23.5. The molecule has 0 radical (unpaired) electrons. The molecule has 0 bridgehead atoms. The van der Waals surface area contributed by atoms with Crippen LogP contribution in [-0.2, 0) is 20.6 Å². The Bertz CT molecular complexity index is 1220. The molecule has 9 nitrogen and oxygen atoms in total. The first-order valence-corrected chi connectivity index (χ1v) is 13.7. The van der Waals surface area contributed by atoms with Gasteiger partial charge in [0, 0.05) is 23.7 Å². The van der Waals surface area contributed by atoms with Gasteiger partial charge in [0.2, 0.25) is 10.0 Å². The average molecular weight is 493 g/mol. The number of rotatable bonds is 8. The van der Waals surface area contributed by atoms with Gasteiger partial charge in [0.05, 0.1) is 39.9 Å². The summed E-state index contributed by atoms with van der Waals surface area (Å²) in [6.07, 6.45) is 4.55. The second kappa shape index (κ2) is 9.32. The third kappa shape index (κ3) is 5.66. The molecule has 4 rings (SSSR count). The molecule has 178 valence electrons. The second-order valence-corrected chi connectivity index (χ2v) is 11.6. The van der Waals surface area contributed by atoms with E-state index in [9.17, 15) is 17.4 Å². The van der Waals surface area contributed by atoms with E-state index in [1.54, 1.807) is 30.3 Å². The van der Waals surface area contributed by atoms with Crippen molar-refractivity contribution in [2.24, 2.45) is 5.41 Å². The summed E-state index contributed by atoms with van der Waals surface area (Å²) in [6, 6.07) is 11.1. The van der Waals surface area contributed by atoms with Gasteiger partial charge in [-0.05, 0) is 67.5 Å². The van der Waals surface area contributed by atoms with Gasteiger partial charge in [-0.25, -0.2) is 12.6 Å². The molecule has 4 N–H and O–H groups in total. The van der Waals surface area contributed by atoms with E-state index in [0.717, 1.165) is 25.9 Å². The summed E-state index contributed by atoms with van der Waals surface area (Å²) in [5, 5.41) is 11.8. The number of hydrogen-bond donors (Lipinski definition) is 5. The molecule has 1 heterocycles. The van der Waals surface area contributed by atoms with Gasteiger partial charge in [-0.3, -0.25) is 14.3 Å². The Labute approximate surface area is 195 Å². The number of nitrogens with one attached hydrogen (secondary N) is 3. The Morgan fingerprint density at radius 3 is 2.45 bits per heavy atom. The lowest BCUT2D eigenvalue weighted by atomic mass is 9.93. The van der Waals surface area contributed by atoms with Gasteiger partial charge in [0.25, 0.3) is 5.91 Å². The topological polar surface area (TPSA) is 140 Å². The molecule has 1 aliphatic carbocycles. The van der Waals surface area contributed by atoms with Crippen LogP contribution in [0.4, 0.5) is 17.1 Å². The van der Waals surface area contributed by atoms with Crippen LogP contribution < -0.4 is 14.9 Å². The molecule has 1 unspecified atom stereocenters. The smallest absolute Gasteiger partial charge is 0.257 e. The van der Waals surface area contributed by atoms with Crippen molar-refractivity contribution >= 4 is 43.6 Å². The molecule has 2 fully saturated rings. The molecule has 11 heteroatoms. The molecular weight excluding hydrogens is 464 g/mol. The minimum Gasteiger partial charge on any atom is -0.395 e. The van der Waals surface area contributed by atoms with Gasteiger partial charge in [0.1, 0.15) is 0 Å². The fraction of sp³-hybridized carbons (Fsp3) is 0.409. The molecule has 2 aromatic rings. The van der Waals surface area contributed by atoms with Gasteiger partial charge < -0.3 is 15.3 Å². The first-order valence-electron chi connectivity index (χ1n) is 10.8. The fourth-order valence-corrected chi connectivity index (χ4v) is 5.51. The average Bonchev–Trinajstić information content (AvgIpc) is 3.52. The van der Waals surface area contributed by atoms with Crippen molar-refractivity contribution in [3.05, 3.63) is 48.0 Å². The molecule has 1 saturated carbocycles. The lowest BCUT2D eigenvalue weighted by molar-refractivity contribution is 0.102. The number of carbonyl (C=O) groups excluding carboxylic acids is 1. The minimum atomic E-state index is -3.70. The summed E-state index contributed by atoms with van der Waals surface area (Å²) >= 11 is 0. The van der Waals surface area contributed by atoms with E-state index in [0.29, 0.717) is 32.9 Å². The van der Waals surface area contributed by atoms with Crippen LogP contribution in [0.15, 0.2) is 47.4 Å². The SMILES string of the molecule is N=[SH](=O)c1cccc(NC(=O)c2ccc(NS(=O)(=O)CCO)cc2N2CCC3(CC2)CC3)c1. The maximum atomic E-state index is 13.2. The zero-order chi connectivity index (χ0) is 23.6. The minimum absolute atomic E-state index is 0.322. The summed E-state index contributed by atoms with van der Waals surface area (Å²) < 4.78 is 45.6. The number of piperidine rings is 1. The van der Waals surface area contributed by atoms with Gasteiger partial charge in [0.15, 0.2) is 0 Å². The summed E-state index contributed by atoms with van der Waals surface area (Å²) in [6.45, 7) is 1.07. The molecule has 33 heavy (non-hydrogen) atoms. The lowest BCUT2D eigenvalue weighted by Gasteiger charge is -2.35. The van der Waals surface area contributed by atoms with Crippen LogP contribution in [0.2, 0.25) is 0 Å². The van der Waals surface area contributed by atoms with E-state index < -0.39 is 33.0 Å². The van der Waals surface area contributed by atoms with Crippen molar-refractivity contribution in [2.45, 2.75) is 30.6 Å². The van der Waals surface area contributed by atoms with Crippen molar-refractivity contribution in [2.75, 3.05) is 40.4 Å². The Balaban J connectivity index is 1.62. The van der Waals surface area contributed by atoms with Crippen molar-refractivity contribution < 1.29 is 22.5 Å². The summed E-state index contributed by atoms with van der Waals surface area (Å²) in [7, 11) is -5.97. The predicted molar refractivity (Wildman–Crippen MR) is 129 cm³/mol. The van der Waals surface area contributed by atoms with E-state index in [2.05, 4.69) is 14.9 Å². The van der Waals surface area contributed by atoms with E-state index in [1.807, 2.05) is 0 Å². The molecule has 1 amide bonds. The normalized spacial score (nSPS) is 18.0. The Hall–Kier alpha value is -2.63. The zero-order valence-electron chi connectivity index (χ0n) is 18.1. The second-order valence-electron chi connectivity index (χ2n) is 8.66. The van der Waals surface area contributed by atoms with Gasteiger partial charge in [-0.15, -0.1) is 0 Å². The number of nitrogens with zero attached hydrogens (tertiary/aromatic N) is 1. The number of aliphatic hydroxyl groups excluding tert-OH is 1. The number of aliphatic hydroxyl groups is 1. The van der Waals surface area contributed by atoms with E-state index in [4.69, 9.17) is 9.89 Å². The molecule has 1 aliphatic heterocycles. The molecule has 2 aromatic carbocycles. The van der Waals surface area contributed by atoms with Crippen molar-refractivity contribution in [1.82, 2.24) is 0 Å². The number of carbonyl (C=O) groups is 1. The summed E-state index contributed by atoms with van der Waals surface area (Å²) in [5.41, 5.74) is 2.23. The summed E-state index contributed by atoms with van der Waals surface area (Å²) in [4.78, 5) is 15.6. The van der Waals surface area contributed by atoms with E-state index in [-0.39, 0.29) is 5.91 Å². The first-order chi connectivity index (χ1) is 15.7. The highest BCUT2D eigenvalue weighted by atomic mass is 32.2. The molecular formula is C22H28N4O5S2. The number of hydrogen-bond acceptors (Lipinski definition) is 7. The highest BCUT2D eigenvalue weighted by Crippen LogP contribution is 2.54. The zero-order valence-corrected chi connectivity index (χ0v) is 19.8. The fourth-order valence-electron chi connectivity index (χ4n) is 4.21. The molecule has 0 aromatic heterocycles. The molecule has 1 saturated heterocycles. The maximum absolute atomic E-state index is 13.2.